The first kappa shape index (κ1) is 63.5. The van der Waals surface area contributed by atoms with Crippen molar-refractivity contribution < 1.29 is 60.1 Å². The van der Waals surface area contributed by atoms with E-state index in [2.05, 4.69) is 26.1 Å². The van der Waals surface area contributed by atoms with E-state index in [1.807, 2.05) is 0 Å². The van der Waals surface area contributed by atoms with Crippen LogP contribution in [-0.4, -0.2) is 125 Å². The van der Waals surface area contributed by atoms with E-state index in [1.54, 1.807) is 57.0 Å². The second kappa shape index (κ2) is 30.4. The van der Waals surface area contributed by atoms with Crippen molar-refractivity contribution in [2.24, 2.45) is 14.1 Å². The van der Waals surface area contributed by atoms with Crippen molar-refractivity contribution in [3.8, 4) is 33.9 Å². The van der Waals surface area contributed by atoms with Gasteiger partial charge in [0.05, 0.1) is 62.2 Å². The number of carbonyl (C=O) groups excluding carboxylic acids is 4. The predicted octanol–water partition coefficient (Wildman–Crippen LogP) is 8.20. The average Bonchev–Trinajstić information content (AvgIpc) is 3.95. The first-order valence-electron chi connectivity index (χ1n) is 27.0. The number of ketones is 2. The molecule has 0 saturated heterocycles. The molecule has 19 nitrogen and oxygen atoms in total. The fourth-order valence-electron chi connectivity index (χ4n) is 8.99. The summed E-state index contributed by atoms with van der Waals surface area (Å²) in [4.78, 5) is 78.8. The van der Waals surface area contributed by atoms with E-state index in [4.69, 9.17) is 18.9 Å². The highest BCUT2D eigenvalue weighted by Crippen LogP contribution is 2.33. The number of Topliss-reactive ketones (excluding diaryl/α,β-unsaturated/α-hetero) is 2. The van der Waals surface area contributed by atoms with E-state index in [1.165, 1.54) is 57.9 Å². The van der Waals surface area contributed by atoms with Gasteiger partial charge < -0.3 is 34.9 Å². The molecule has 24 heteroatoms. The number of hydrogen-bond donors (Lipinski definition) is 3. The normalized spacial score (nSPS) is 11.7. The lowest BCUT2D eigenvalue weighted by atomic mass is 10.0. The SMILES string of the molecule is Cc1c(-c2ccnn2C)cc(C(=O)CCCOCCOCCNC(=O)NCCCCCC(=O)CCCOCCOCCNC(=O)c2cc(-c3ccnn3C)c(C)n(-c3cccc(C(F)(F)F)c3)c2=O)c(=O)n1-c1cccc(C(C)(F)F)c1. The smallest absolute Gasteiger partial charge is 0.379 e. The molecule has 4 heterocycles. The Morgan fingerprint density at radius 1 is 0.537 bits per heavy atom. The van der Waals surface area contributed by atoms with E-state index >= 15 is 0 Å². The summed E-state index contributed by atoms with van der Waals surface area (Å²) in [6.07, 6.45) is 2.25. The maximum absolute atomic E-state index is 14.3. The molecule has 6 rings (SSSR count). The number of unbranched alkanes of at least 4 members (excludes halogenated alkanes) is 2. The van der Waals surface area contributed by atoms with Crippen LogP contribution >= 0.6 is 0 Å². The highest BCUT2D eigenvalue weighted by Gasteiger charge is 2.31. The van der Waals surface area contributed by atoms with Gasteiger partial charge in [0.25, 0.3) is 22.9 Å². The fourth-order valence-corrected chi connectivity index (χ4v) is 8.99. The van der Waals surface area contributed by atoms with Crippen LogP contribution in [0, 0.1) is 13.8 Å². The molecular formula is C58H70F5N9O10. The maximum Gasteiger partial charge on any atom is 0.416 e. The largest absolute Gasteiger partial charge is 0.416 e. The number of amides is 3. The lowest BCUT2D eigenvalue weighted by Gasteiger charge is -2.18. The quantitative estimate of drug-likeness (QED) is 0.0202. The lowest BCUT2D eigenvalue weighted by molar-refractivity contribution is -0.137. The third-order valence-corrected chi connectivity index (χ3v) is 13.3. The minimum Gasteiger partial charge on any atom is -0.379 e. The van der Waals surface area contributed by atoms with Crippen LogP contribution in [0.3, 0.4) is 0 Å². The Labute approximate surface area is 471 Å². The Balaban J connectivity index is 0.760. The molecule has 0 aliphatic rings. The highest BCUT2D eigenvalue weighted by atomic mass is 19.4. The summed E-state index contributed by atoms with van der Waals surface area (Å²) in [5.41, 5.74) is 0.174. The molecule has 4 aromatic heterocycles. The zero-order chi connectivity index (χ0) is 59.4. The number of pyridine rings is 2. The monoisotopic (exact) mass is 1150 g/mol. The molecule has 0 aliphatic heterocycles. The third kappa shape index (κ3) is 17.9. The van der Waals surface area contributed by atoms with Gasteiger partial charge in [0, 0.05) is 125 Å². The molecule has 0 spiro atoms. The molecule has 0 unspecified atom stereocenters. The Kier molecular flexibility index (Phi) is 23.5. The Morgan fingerprint density at radius 3 is 1.55 bits per heavy atom. The van der Waals surface area contributed by atoms with E-state index in [-0.39, 0.29) is 106 Å². The molecule has 0 bridgehead atoms. The number of aromatic nitrogens is 6. The number of nitrogens with one attached hydrogen (secondary N) is 3. The average molecular weight is 1150 g/mol. The van der Waals surface area contributed by atoms with Crippen LogP contribution in [0.5, 0.6) is 0 Å². The first-order chi connectivity index (χ1) is 39.2. The van der Waals surface area contributed by atoms with Gasteiger partial charge in [-0.2, -0.15) is 23.4 Å². The number of benzene rings is 2. The van der Waals surface area contributed by atoms with E-state index in [0.717, 1.165) is 30.0 Å². The van der Waals surface area contributed by atoms with Crippen molar-refractivity contribution in [1.82, 2.24) is 44.6 Å². The van der Waals surface area contributed by atoms with Gasteiger partial charge >= 0.3 is 12.2 Å². The zero-order valence-corrected chi connectivity index (χ0v) is 46.7. The van der Waals surface area contributed by atoms with Gasteiger partial charge in [0.2, 0.25) is 0 Å². The van der Waals surface area contributed by atoms with Gasteiger partial charge in [0.15, 0.2) is 5.78 Å². The second-order valence-corrected chi connectivity index (χ2v) is 19.4. The summed E-state index contributed by atoms with van der Waals surface area (Å²) < 4.78 is 97.1. The molecule has 0 radical (unpaired) electrons. The number of hydrogen-bond acceptors (Lipinski definition) is 12. The van der Waals surface area contributed by atoms with E-state index < -0.39 is 40.5 Å². The van der Waals surface area contributed by atoms with Gasteiger partial charge in [-0.1, -0.05) is 24.6 Å². The Bertz CT molecular complexity index is 3040. The standard InChI is InChI=1S/C58H70F5N9O10/c1-39-46(50-20-23-67-69(50)4)37-48(54(76)71(39)43-15-9-13-41(35-43)57(3,59)60)52(74)19-12-28-80-32-34-82-30-26-66-56(78)65-22-8-6-7-17-45(73)18-11-27-79-31-33-81-29-25-64-53(75)49-38-47(51-21-24-68-70(51)5)40(2)72(55(49)77)44-16-10-14-42(36-44)58(61,62)63/h9-10,13-16,20-21,23-24,35-38H,6-8,11-12,17-19,22,25-34H2,1-5H3,(H,64,75)(H2,65,66,78). The summed E-state index contributed by atoms with van der Waals surface area (Å²) in [6, 6.07) is 15.9. The number of aryl methyl sites for hydroxylation is 2. The number of carbonyl (C=O) groups is 4. The number of alkyl halides is 5. The Morgan fingerprint density at radius 2 is 1.01 bits per heavy atom. The van der Waals surface area contributed by atoms with Gasteiger partial charge in [0.1, 0.15) is 11.3 Å². The van der Waals surface area contributed by atoms with Crippen molar-refractivity contribution in [2.45, 2.75) is 84.2 Å². The first-order valence-corrected chi connectivity index (χ1v) is 27.0. The van der Waals surface area contributed by atoms with Gasteiger partial charge in [-0.15, -0.1) is 0 Å². The van der Waals surface area contributed by atoms with Crippen molar-refractivity contribution >= 4 is 23.5 Å². The zero-order valence-electron chi connectivity index (χ0n) is 46.7. The third-order valence-electron chi connectivity index (χ3n) is 13.3. The number of urea groups is 1. The van der Waals surface area contributed by atoms with Crippen LogP contribution < -0.4 is 27.1 Å². The number of nitrogens with zero attached hydrogens (tertiary/aromatic N) is 6. The van der Waals surface area contributed by atoms with Crippen LogP contribution in [0.1, 0.15) is 102 Å². The number of halogens is 5. The van der Waals surface area contributed by atoms with Crippen molar-refractivity contribution in [3.05, 3.63) is 140 Å². The predicted molar refractivity (Wildman–Crippen MR) is 296 cm³/mol. The van der Waals surface area contributed by atoms with Gasteiger partial charge in [-0.3, -0.25) is 42.5 Å². The van der Waals surface area contributed by atoms with Crippen molar-refractivity contribution in [2.75, 3.05) is 72.5 Å². The van der Waals surface area contributed by atoms with Crippen molar-refractivity contribution in [1.29, 1.82) is 0 Å². The molecule has 442 valence electrons. The molecule has 82 heavy (non-hydrogen) atoms. The summed E-state index contributed by atoms with van der Waals surface area (Å²) in [7, 11) is 3.39. The van der Waals surface area contributed by atoms with Crippen molar-refractivity contribution in [3.63, 3.8) is 0 Å². The van der Waals surface area contributed by atoms with Gasteiger partial charge in [-0.25, -0.2) is 13.6 Å². The highest BCUT2D eigenvalue weighted by molar-refractivity contribution is 5.97. The molecule has 3 N–H and O–H groups in total. The molecule has 0 aliphatic carbocycles. The number of ether oxygens (including phenoxy) is 4. The van der Waals surface area contributed by atoms with E-state index in [9.17, 15) is 50.7 Å². The van der Waals surface area contributed by atoms with Crippen LogP contribution in [-0.2, 0) is 49.9 Å². The van der Waals surface area contributed by atoms with Crippen LogP contribution in [0.4, 0.5) is 26.7 Å². The summed E-state index contributed by atoms with van der Waals surface area (Å²) >= 11 is 0. The Hall–Kier alpha value is -7.67. The second-order valence-electron chi connectivity index (χ2n) is 19.4. The molecule has 0 saturated carbocycles. The molecule has 0 fully saturated rings. The van der Waals surface area contributed by atoms with Crippen LogP contribution in [0.15, 0.2) is 94.8 Å². The van der Waals surface area contributed by atoms with Crippen LogP contribution in [0.2, 0.25) is 0 Å². The molecule has 6 aromatic rings. The molecule has 0 atom stereocenters. The van der Waals surface area contributed by atoms with Crippen LogP contribution in [0.25, 0.3) is 33.9 Å². The summed E-state index contributed by atoms with van der Waals surface area (Å²) in [6.45, 7) is 6.66. The number of rotatable bonds is 33. The molecule has 3 amide bonds. The topological polar surface area (TPSA) is 221 Å². The van der Waals surface area contributed by atoms with E-state index in [0.29, 0.717) is 85.6 Å². The maximum atomic E-state index is 14.3. The molecular weight excluding hydrogens is 1080 g/mol. The fraction of sp³-hybridized carbons (Fsp3) is 0.448. The minimum absolute atomic E-state index is 0.00835. The summed E-state index contributed by atoms with van der Waals surface area (Å²) in [5.74, 6) is -4.17. The summed E-state index contributed by atoms with van der Waals surface area (Å²) in [5, 5.41) is 16.5. The lowest BCUT2D eigenvalue weighted by Crippen LogP contribution is -2.37. The molecule has 2 aromatic carbocycles. The van der Waals surface area contributed by atoms with Gasteiger partial charge in [-0.05, 0) is 94.1 Å². The minimum atomic E-state index is -4.65.